The number of hydrogen-bond acceptors (Lipinski definition) is 4. The van der Waals surface area contributed by atoms with Crippen LogP contribution in [0.2, 0.25) is 0 Å². The number of nitrogens with one attached hydrogen (secondary N) is 1. The van der Waals surface area contributed by atoms with Gasteiger partial charge in [-0.3, -0.25) is 13.9 Å². The number of rotatable bonds is 12. The highest BCUT2D eigenvalue weighted by Gasteiger charge is 2.32. The molecule has 1 atom stereocenters. The van der Waals surface area contributed by atoms with E-state index in [1.807, 2.05) is 68.4 Å². The molecule has 0 aliphatic rings. The van der Waals surface area contributed by atoms with Gasteiger partial charge in [0.05, 0.1) is 11.9 Å². The van der Waals surface area contributed by atoms with Gasteiger partial charge in [-0.2, -0.15) is 0 Å². The summed E-state index contributed by atoms with van der Waals surface area (Å²) in [7, 11) is -3.80. The van der Waals surface area contributed by atoms with Crippen molar-refractivity contribution in [1.82, 2.24) is 10.2 Å². The molecule has 0 heterocycles. The van der Waals surface area contributed by atoms with Crippen LogP contribution >= 0.6 is 15.9 Å². The van der Waals surface area contributed by atoms with Gasteiger partial charge in [0.15, 0.2) is 0 Å². The molecule has 0 spiro atoms. The van der Waals surface area contributed by atoms with E-state index in [2.05, 4.69) is 21.2 Å². The van der Waals surface area contributed by atoms with Gasteiger partial charge >= 0.3 is 0 Å². The van der Waals surface area contributed by atoms with Crippen LogP contribution in [-0.2, 0) is 32.6 Å². The normalized spacial score (nSPS) is 12.0. The van der Waals surface area contributed by atoms with Crippen molar-refractivity contribution in [2.75, 3.05) is 23.7 Å². The molecule has 0 fully saturated rings. The number of hydrogen-bond donors (Lipinski definition) is 1. The van der Waals surface area contributed by atoms with Crippen LogP contribution < -0.4 is 9.62 Å². The van der Waals surface area contributed by atoms with Crippen molar-refractivity contribution < 1.29 is 18.0 Å². The monoisotopic (exact) mass is 599 g/mol. The largest absolute Gasteiger partial charge is 0.354 e. The fourth-order valence-electron chi connectivity index (χ4n) is 4.06. The number of anilines is 1. The molecule has 38 heavy (non-hydrogen) atoms. The lowest BCUT2D eigenvalue weighted by Crippen LogP contribution is -2.53. The highest BCUT2D eigenvalue weighted by molar-refractivity contribution is 9.10. The van der Waals surface area contributed by atoms with Crippen LogP contribution in [0.25, 0.3) is 0 Å². The molecule has 2 amide bonds. The molecular weight excluding hydrogens is 566 g/mol. The molecule has 0 unspecified atom stereocenters. The fraction of sp³-hybridized carbons (Fsp3) is 0.310. The van der Waals surface area contributed by atoms with Crippen molar-refractivity contribution in [1.29, 1.82) is 0 Å². The Bertz CT molecular complexity index is 1330. The Morgan fingerprint density at radius 2 is 1.63 bits per heavy atom. The molecule has 0 saturated heterocycles. The molecule has 0 radical (unpaired) electrons. The molecule has 3 aromatic rings. The number of carbonyl (C=O) groups excluding carboxylic acids is 2. The minimum Gasteiger partial charge on any atom is -0.354 e. The summed E-state index contributed by atoms with van der Waals surface area (Å²) in [5.41, 5.74) is 3.18. The van der Waals surface area contributed by atoms with Crippen LogP contribution in [0.1, 0.15) is 30.0 Å². The summed E-state index contributed by atoms with van der Waals surface area (Å²) in [6.45, 7) is 4.14. The van der Waals surface area contributed by atoms with E-state index in [4.69, 9.17) is 0 Å². The van der Waals surface area contributed by atoms with E-state index in [1.165, 1.54) is 4.90 Å². The first-order valence-corrected chi connectivity index (χ1v) is 15.1. The summed E-state index contributed by atoms with van der Waals surface area (Å²) in [6, 6.07) is 23.2. The summed E-state index contributed by atoms with van der Waals surface area (Å²) >= 11 is 3.38. The van der Waals surface area contributed by atoms with Gasteiger partial charge in [0.25, 0.3) is 0 Å². The third-order valence-corrected chi connectivity index (χ3v) is 7.70. The van der Waals surface area contributed by atoms with Crippen molar-refractivity contribution in [3.63, 3.8) is 0 Å². The van der Waals surface area contributed by atoms with Gasteiger partial charge in [0.1, 0.15) is 12.6 Å². The van der Waals surface area contributed by atoms with Gasteiger partial charge in [-0.25, -0.2) is 8.42 Å². The van der Waals surface area contributed by atoms with Gasteiger partial charge in [-0.15, -0.1) is 0 Å². The van der Waals surface area contributed by atoms with Crippen molar-refractivity contribution in [2.45, 2.75) is 39.3 Å². The number of aryl methyl sites for hydroxylation is 1. The summed E-state index contributed by atoms with van der Waals surface area (Å²) in [4.78, 5) is 28.9. The van der Waals surface area contributed by atoms with Gasteiger partial charge in [0, 0.05) is 24.0 Å². The van der Waals surface area contributed by atoms with E-state index in [1.54, 1.807) is 24.3 Å². The Hall–Kier alpha value is -3.17. The Morgan fingerprint density at radius 3 is 2.24 bits per heavy atom. The molecule has 7 nitrogen and oxygen atoms in total. The van der Waals surface area contributed by atoms with Crippen LogP contribution in [0, 0.1) is 6.92 Å². The fourth-order valence-corrected chi connectivity index (χ4v) is 5.28. The summed E-state index contributed by atoms with van der Waals surface area (Å²) in [5, 5.41) is 2.93. The third-order valence-electron chi connectivity index (χ3n) is 6.07. The third kappa shape index (κ3) is 8.43. The van der Waals surface area contributed by atoms with Crippen molar-refractivity contribution >= 4 is 43.5 Å². The Balaban J connectivity index is 2.03. The number of benzene rings is 3. The number of halogens is 1. The SMILES string of the molecule is CCCNC(=O)[C@@H](Cc1ccccc1)N(Cc1ccc(C)cc1)C(=O)CN(c1cccc(Br)c1)S(C)(=O)=O. The van der Waals surface area contributed by atoms with Crippen LogP contribution in [0.5, 0.6) is 0 Å². The van der Waals surface area contributed by atoms with Gasteiger partial charge in [-0.1, -0.05) is 89.1 Å². The smallest absolute Gasteiger partial charge is 0.244 e. The first-order chi connectivity index (χ1) is 18.1. The molecule has 0 saturated carbocycles. The predicted octanol–water partition coefficient (Wildman–Crippen LogP) is 4.69. The first kappa shape index (κ1) is 29.4. The Labute approximate surface area is 234 Å². The van der Waals surface area contributed by atoms with Gasteiger partial charge < -0.3 is 10.2 Å². The van der Waals surface area contributed by atoms with Crippen molar-refractivity contribution in [3.8, 4) is 0 Å². The van der Waals surface area contributed by atoms with Crippen LogP contribution in [-0.4, -0.2) is 50.5 Å². The molecule has 3 rings (SSSR count). The van der Waals surface area contributed by atoms with E-state index in [0.717, 1.165) is 33.7 Å². The second-order valence-electron chi connectivity index (χ2n) is 9.25. The van der Waals surface area contributed by atoms with Gasteiger partial charge in [0.2, 0.25) is 21.8 Å². The standard InChI is InChI=1S/C29H34BrN3O4S/c1-4-17-31-29(35)27(18-23-9-6-5-7-10-23)32(20-24-15-13-22(2)14-16-24)28(34)21-33(38(3,36)37)26-12-8-11-25(30)19-26/h5-16,19,27H,4,17-18,20-21H2,1-3H3,(H,31,35)/t27-/m1/s1. The number of carbonyl (C=O) groups is 2. The summed E-state index contributed by atoms with van der Waals surface area (Å²) < 4.78 is 27.4. The zero-order valence-corrected chi connectivity index (χ0v) is 24.3. The predicted molar refractivity (Wildman–Crippen MR) is 155 cm³/mol. The maximum Gasteiger partial charge on any atom is 0.244 e. The molecule has 202 valence electrons. The second kappa shape index (κ2) is 13.6. The lowest BCUT2D eigenvalue weighted by atomic mass is 10.0. The van der Waals surface area contributed by atoms with E-state index >= 15 is 0 Å². The summed E-state index contributed by atoms with van der Waals surface area (Å²) in [5.74, 6) is -0.743. The summed E-state index contributed by atoms with van der Waals surface area (Å²) in [6.07, 6.45) is 2.12. The lowest BCUT2D eigenvalue weighted by molar-refractivity contribution is -0.140. The van der Waals surface area contributed by atoms with E-state index in [9.17, 15) is 18.0 Å². The molecule has 0 aliphatic heterocycles. The average Bonchev–Trinajstić information content (AvgIpc) is 2.88. The number of amides is 2. The molecule has 3 aromatic carbocycles. The molecular formula is C29H34BrN3O4S. The molecule has 0 aromatic heterocycles. The Morgan fingerprint density at radius 1 is 0.947 bits per heavy atom. The van der Waals surface area contributed by atoms with E-state index in [-0.39, 0.29) is 12.5 Å². The van der Waals surface area contributed by atoms with Crippen LogP contribution in [0.3, 0.4) is 0 Å². The molecule has 0 aliphatic carbocycles. The highest BCUT2D eigenvalue weighted by Crippen LogP contribution is 2.23. The van der Waals surface area contributed by atoms with E-state index < -0.39 is 28.5 Å². The zero-order chi connectivity index (χ0) is 27.7. The number of sulfonamides is 1. The minimum absolute atomic E-state index is 0.159. The molecule has 1 N–H and O–H groups in total. The second-order valence-corrected chi connectivity index (χ2v) is 12.1. The zero-order valence-electron chi connectivity index (χ0n) is 21.9. The van der Waals surface area contributed by atoms with Crippen LogP contribution in [0.15, 0.2) is 83.3 Å². The lowest BCUT2D eigenvalue weighted by Gasteiger charge is -2.33. The highest BCUT2D eigenvalue weighted by atomic mass is 79.9. The first-order valence-electron chi connectivity index (χ1n) is 12.5. The quantitative estimate of drug-likeness (QED) is 0.327. The van der Waals surface area contributed by atoms with Crippen molar-refractivity contribution in [2.24, 2.45) is 0 Å². The number of nitrogens with zero attached hydrogens (tertiary/aromatic N) is 2. The van der Waals surface area contributed by atoms with Crippen LogP contribution in [0.4, 0.5) is 5.69 Å². The average molecular weight is 601 g/mol. The van der Waals surface area contributed by atoms with E-state index in [0.29, 0.717) is 23.1 Å². The minimum atomic E-state index is -3.80. The molecule has 9 heteroatoms. The maximum atomic E-state index is 14.0. The maximum absolute atomic E-state index is 14.0. The van der Waals surface area contributed by atoms with Gasteiger partial charge in [-0.05, 0) is 42.7 Å². The topological polar surface area (TPSA) is 86.8 Å². The Kier molecular flexibility index (Phi) is 10.5. The van der Waals surface area contributed by atoms with Crippen molar-refractivity contribution in [3.05, 3.63) is 100 Å². The molecule has 0 bridgehead atoms.